The third kappa shape index (κ3) is 5.66. The second kappa shape index (κ2) is 11.1. The zero-order valence-corrected chi connectivity index (χ0v) is 21.6. The quantitative estimate of drug-likeness (QED) is 0.242. The van der Waals surface area contributed by atoms with Gasteiger partial charge in [-0.1, -0.05) is 61.3 Å². The van der Waals surface area contributed by atoms with E-state index in [2.05, 4.69) is 18.9 Å². The van der Waals surface area contributed by atoms with Crippen molar-refractivity contribution in [2.24, 2.45) is 0 Å². The number of aromatic carboxylic acids is 1. The van der Waals surface area contributed by atoms with Crippen molar-refractivity contribution in [3.05, 3.63) is 105 Å². The molecule has 8 heteroatoms. The molecular formula is C28H26Cl2N2O4. The van der Waals surface area contributed by atoms with Crippen molar-refractivity contribution in [3.63, 3.8) is 0 Å². The fraction of sp³-hybridized carbons (Fsp3) is 0.214. The number of carbonyl (C=O) groups is 1. The van der Waals surface area contributed by atoms with Crippen LogP contribution in [0.1, 0.15) is 60.0 Å². The first kappa shape index (κ1) is 25.6. The molecule has 6 nitrogen and oxygen atoms in total. The Morgan fingerprint density at radius 3 is 2.28 bits per heavy atom. The Bertz CT molecular complexity index is 1350. The Morgan fingerprint density at radius 2 is 1.64 bits per heavy atom. The average Bonchev–Trinajstić information content (AvgIpc) is 3.27. The Hall–Kier alpha value is -3.48. The summed E-state index contributed by atoms with van der Waals surface area (Å²) in [5.41, 5.74) is 3.66. The molecule has 0 bridgehead atoms. The van der Waals surface area contributed by atoms with Crippen molar-refractivity contribution < 1.29 is 19.4 Å². The Labute approximate surface area is 220 Å². The van der Waals surface area contributed by atoms with Gasteiger partial charge in [0.1, 0.15) is 29.9 Å². The molecule has 4 aromatic rings. The lowest BCUT2D eigenvalue weighted by Crippen LogP contribution is -2.09. The third-order valence-electron chi connectivity index (χ3n) is 5.79. The number of carboxylic acids is 1. The molecule has 0 fully saturated rings. The van der Waals surface area contributed by atoms with E-state index in [9.17, 15) is 9.90 Å². The van der Waals surface area contributed by atoms with Crippen LogP contribution >= 0.6 is 23.2 Å². The van der Waals surface area contributed by atoms with E-state index >= 15 is 0 Å². The maximum Gasteiger partial charge on any atom is 0.335 e. The number of carboxylic acid groups (broad SMARTS) is 1. The number of nitrogens with zero attached hydrogens (tertiary/aromatic N) is 2. The summed E-state index contributed by atoms with van der Waals surface area (Å²) in [7, 11) is 0. The molecule has 0 aliphatic heterocycles. The molecule has 0 aliphatic rings. The SMILES string of the molecule is CC(C)c1cnn(-c2c(Cl)cccc2Cl)c1COc1ccc(C(C)Oc2cccc(C(=O)O)c2)cc1. The van der Waals surface area contributed by atoms with Gasteiger partial charge in [0.05, 0.1) is 27.5 Å². The van der Waals surface area contributed by atoms with Gasteiger partial charge in [0.2, 0.25) is 0 Å². The minimum absolute atomic E-state index is 0.182. The fourth-order valence-electron chi connectivity index (χ4n) is 3.86. The van der Waals surface area contributed by atoms with E-state index in [0.717, 1.165) is 16.8 Å². The van der Waals surface area contributed by atoms with Crippen molar-refractivity contribution in [2.75, 3.05) is 0 Å². The van der Waals surface area contributed by atoms with Crippen LogP contribution in [0.4, 0.5) is 0 Å². The first-order chi connectivity index (χ1) is 17.2. The molecule has 36 heavy (non-hydrogen) atoms. The molecule has 0 radical (unpaired) electrons. The second-order valence-electron chi connectivity index (χ2n) is 8.63. The van der Waals surface area contributed by atoms with Crippen LogP contribution in [0.15, 0.2) is 72.9 Å². The molecule has 0 saturated heterocycles. The summed E-state index contributed by atoms with van der Waals surface area (Å²) < 4.78 is 13.8. The van der Waals surface area contributed by atoms with Crippen LogP contribution in [0.25, 0.3) is 5.69 Å². The van der Waals surface area contributed by atoms with Crippen molar-refractivity contribution in [1.82, 2.24) is 9.78 Å². The van der Waals surface area contributed by atoms with Gasteiger partial charge in [-0.25, -0.2) is 9.48 Å². The molecule has 0 saturated carbocycles. The minimum Gasteiger partial charge on any atom is -0.487 e. The highest BCUT2D eigenvalue weighted by molar-refractivity contribution is 6.37. The summed E-state index contributed by atoms with van der Waals surface area (Å²) in [6.07, 6.45) is 1.55. The highest BCUT2D eigenvalue weighted by atomic mass is 35.5. The molecule has 1 N–H and O–H groups in total. The summed E-state index contributed by atoms with van der Waals surface area (Å²) in [5.74, 6) is 0.425. The van der Waals surface area contributed by atoms with E-state index in [-0.39, 0.29) is 24.2 Å². The highest BCUT2D eigenvalue weighted by Gasteiger charge is 2.19. The molecule has 1 heterocycles. The minimum atomic E-state index is -0.992. The van der Waals surface area contributed by atoms with Gasteiger partial charge >= 0.3 is 5.97 Å². The summed E-state index contributed by atoms with van der Waals surface area (Å²) in [6, 6.07) is 19.4. The van der Waals surface area contributed by atoms with E-state index in [1.165, 1.54) is 12.1 Å². The van der Waals surface area contributed by atoms with Gasteiger partial charge in [-0.05, 0) is 66.4 Å². The highest BCUT2D eigenvalue weighted by Crippen LogP contribution is 2.32. The van der Waals surface area contributed by atoms with Crippen LogP contribution in [0.5, 0.6) is 11.5 Å². The maximum absolute atomic E-state index is 11.2. The van der Waals surface area contributed by atoms with Gasteiger partial charge in [0, 0.05) is 0 Å². The van der Waals surface area contributed by atoms with Crippen molar-refractivity contribution in [3.8, 4) is 17.2 Å². The summed E-state index contributed by atoms with van der Waals surface area (Å²) >= 11 is 12.9. The van der Waals surface area contributed by atoms with Crippen LogP contribution in [0.3, 0.4) is 0 Å². The van der Waals surface area contributed by atoms with Gasteiger partial charge in [0.25, 0.3) is 0 Å². The lowest BCUT2D eigenvalue weighted by Gasteiger charge is -2.17. The molecule has 1 aromatic heterocycles. The zero-order valence-electron chi connectivity index (χ0n) is 20.1. The number of benzene rings is 3. The Morgan fingerprint density at radius 1 is 0.972 bits per heavy atom. The molecule has 4 rings (SSSR count). The van der Waals surface area contributed by atoms with Gasteiger partial charge < -0.3 is 14.6 Å². The largest absolute Gasteiger partial charge is 0.487 e. The second-order valence-corrected chi connectivity index (χ2v) is 9.45. The molecule has 3 aromatic carbocycles. The number of halogens is 2. The number of ether oxygens (including phenoxy) is 2. The average molecular weight is 525 g/mol. The van der Waals surface area contributed by atoms with Crippen molar-refractivity contribution in [1.29, 1.82) is 0 Å². The molecular weight excluding hydrogens is 499 g/mol. The fourth-order valence-corrected chi connectivity index (χ4v) is 4.42. The number of aromatic nitrogens is 2. The maximum atomic E-state index is 11.2. The summed E-state index contributed by atoms with van der Waals surface area (Å²) in [6.45, 7) is 6.38. The summed E-state index contributed by atoms with van der Waals surface area (Å²) in [5, 5.41) is 14.7. The number of para-hydroxylation sites is 1. The molecule has 1 unspecified atom stereocenters. The smallest absolute Gasteiger partial charge is 0.335 e. The normalized spacial score (nSPS) is 11.9. The van der Waals surface area contributed by atoms with Gasteiger partial charge in [-0.3, -0.25) is 0 Å². The number of rotatable bonds is 9. The molecule has 186 valence electrons. The van der Waals surface area contributed by atoms with Gasteiger partial charge in [-0.2, -0.15) is 5.10 Å². The van der Waals surface area contributed by atoms with Gasteiger partial charge in [0.15, 0.2) is 0 Å². The first-order valence-electron chi connectivity index (χ1n) is 11.5. The van der Waals surface area contributed by atoms with Crippen LogP contribution in [0.2, 0.25) is 10.0 Å². The van der Waals surface area contributed by atoms with E-state index < -0.39 is 5.97 Å². The van der Waals surface area contributed by atoms with E-state index in [1.54, 1.807) is 35.0 Å². The van der Waals surface area contributed by atoms with E-state index in [0.29, 0.717) is 27.2 Å². The molecule has 0 aliphatic carbocycles. The topological polar surface area (TPSA) is 73.6 Å². The Kier molecular flexibility index (Phi) is 7.87. The van der Waals surface area contributed by atoms with Gasteiger partial charge in [-0.15, -0.1) is 0 Å². The molecule has 0 amide bonds. The predicted octanol–water partition coefficient (Wildman–Crippen LogP) is 7.72. The lowest BCUT2D eigenvalue weighted by atomic mass is 10.0. The molecule has 0 spiro atoms. The van der Waals surface area contributed by atoms with Crippen LogP contribution in [-0.4, -0.2) is 20.9 Å². The van der Waals surface area contributed by atoms with Crippen LogP contribution in [-0.2, 0) is 6.61 Å². The predicted molar refractivity (Wildman–Crippen MR) is 141 cm³/mol. The zero-order chi connectivity index (χ0) is 25.8. The standard InChI is InChI=1S/C28H26Cl2N2O4/c1-17(2)23-15-31-32(27-24(29)8-5-9-25(27)30)26(23)16-35-21-12-10-19(11-13-21)18(3)36-22-7-4-6-20(14-22)28(33)34/h4-15,17-18H,16H2,1-3H3,(H,33,34). The summed E-state index contributed by atoms with van der Waals surface area (Å²) in [4.78, 5) is 11.2. The monoisotopic (exact) mass is 524 g/mol. The van der Waals surface area contributed by atoms with E-state index in [4.69, 9.17) is 32.7 Å². The van der Waals surface area contributed by atoms with Crippen LogP contribution < -0.4 is 9.47 Å². The number of hydrogen-bond donors (Lipinski definition) is 1. The Balaban J connectivity index is 1.49. The third-order valence-corrected chi connectivity index (χ3v) is 6.40. The lowest BCUT2D eigenvalue weighted by molar-refractivity contribution is 0.0696. The first-order valence-corrected chi connectivity index (χ1v) is 12.2. The van der Waals surface area contributed by atoms with Crippen LogP contribution in [0, 0.1) is 0 Å². The van der Waals surface area contributed by atoms with E-state index in [1.807, 2.05) is 37.4 Å². The van der Waals surface area contributed by atoms with Crippen molar-refractivity contribution >= 4 is 29.2 Å². The molecule has 1 atom stereocenters. The number of hydrogen-bond acceptors (Lipinski definition) is 4. The van der Waals surface area contributed by atoms with Crippen molar-refractivity contribution in [2.45, 2.75) is 39.4 Å².